The lowest BCUT2D eigenvalue weighted by Crippen LogP contribution is -2.45. The molecule has 2 aromatic rings. The van der Waals surface area contributed by atoms with E-state index in [1.165, 1.54) is 0 Å². The number of carbonyl (C=O) groups excluding carboxylic acids is 2. The van der Waals surface area contributed by atoms with Crippen molar-refractivity contribution in [3.63, 3.8) is 0 Å². The molecule has 1 fully saturated rings. The van der Waals surface area contributed by atoms with Crippen molar-refractivity contribution >= 4 is 28.5 Å². The molecule has 25 heavy (non-hydrogen) atoms. The second-order valence-electron chi connectivity index (χ2n) is 7.86. The number of hydrogen-bond donors (Lipinski definition) is 2. The van der Waals surface area contributed by atoms with E-state index in [0.29, 0.717) is 25.9 Å². The number of hydrogen-bond acceptors (Lipinski definition) is 3. The van der Waals surface area contributed by atoms with Gasteiger partial charge >= 0.3 is 0 Å². The normalized spacial score (nSPS) is 16.2. The third kappa shape index (κ3) is 3.83. The van der Waals surface area contributed by atoms with Crippen LogP contribution in [0, 0.1) is 18.3 Å². The van der Waals surface area contributed by atoms with Gasteiger partial charge in [-0.3, -0.25) is 9.59 Å². The van der Waals surface area contributed by atoms with Crippen LogP contribution in [-0.4, -0.2) is 39.8 Å². The molecule has 3 rings (SSSR count). The molecule has 0 spiro atoms. The number of H-pyrrole nitrogens is 1. The van der Waals surface area contributed by atoms with Crippen LogP contribution in [0.2, 0.25) is 0 Å². The minimum Gasteiger partial charge on any atom is -0.342 e. The van der Waals surface area contributed by atoms with Crippen molar-refractivity contribution in [2.45, 2.75) is 40.5 Å². The number of fused-ring (bicyclic) bond motifs is 1. The highest BCUT2D eigenvalue weighted by atomic mass is 16.2. The number of aromatic amines is 1. The van der Waals surface area contributed by atoms with E-state index in [-0.39, 0.29) is 23.1 Å². The Kier molecular flexibility index (Phi) is 4.54. The highest BCUT2D eigenvalue weighted by molar-refractivity contribution is 5.94. The quantitative estimate of drug-likeness (QED) is 0.880. The molecule has 1 aromatic heterocycles. The summed E-state index contributed by atoms with van der Waals surface area (Å²) >= 11 is 0. The molecule has 134 valence electrons. The summed E-state index contributed by atoms with van der Waals surface area (Å²) in [6.45, 7) is 9.00. The summed E-state index contributed by atoms with van der Waals surface area (Å²) in [5, 5.41) is 3.00. The average Bonchev–Trinajstić information content (AvgIpc) is 2.92. The first-order valence-corrected chi connectivity index (χ1v) is 8.80. The van der Waals surface area contributed by atoms with Crippen LogP contribution < -0.4 is 5.32 Å². The SMILES string of the molecule is Cc1nc2ccc(NC(=O)C3CCN(C(=O)C(C)(C)C)CC3)cc2[nH]1. The van der Waals surface area contributed by atoms with E-state index in [4.69, 9.17) is 0 Å². The molecule has 2 heterocycles. The van der Waals surface area contributed by atoms with Crippen molar-refractivity contribution in [1.29, 1.82) is 0 Å². The van der Waals surface area contributed by atoms with Gasteiger partial charge in [0.2, 0.25) is 11.8 Å². The third-order valence-electron chi connectivity index (χ3n) is 4.66. The van der Waals surface area contributed by atoms with Crippen LogP contribution in [0.4, 0.5) is 5.69 Å². The third-order valence-corrected chi connectivity index (χ3v) is 4.66. The Balaban J connectivity index is 1.59. The molecule has 0 radical (unpaired) electrons. The van der Waals surface area contributed by atoms with Gasteiger partial charge in [0, 0.05) is 30.1 Å². The number of aryl methyl sites for hydroxylation is 1. The van der Waals surface area contributed by atoms with Gasteiger partial charge in [-0.25, -0.2) is 4.98 Å². The Bertz CT molecular complexity index is 795. The predicted octanol–water partition coefficient (Wildman–Crippen LogP) is 3.09. The van der Waals surface area contributed by atoms with Gasteiger partial charge in [0.15, 0.2) is 0 Å². The van der Waals surface area contributed by atoms with Crippen molar-refractivity contribution < 1.29 is 9.59 Å². The summed E-state index contributed by atoms with van der Waals surface area (Å²) in [5.74, 6) is 0.988. The smallest absolute Gasteiger partial charge is 0.227 e. The molecule has 0 unspecified atom stereocenters. The molecular weight excluding hydrogens is 316 g/mol. The van der Waals surface area contributed by atoms with Crippen LogP contribution in [0.5, 0.6) is 0 Å². The Morgan fingerprint density at radius 2 is 1.92 bits per heavy atom. The number of amides is 2. The van der Waals surface area contributed by atoms with Gasteiger partial charge in [-0.1, -0.05) is 20.8 Å². The maximum absolute atomic E-state index is 12.5. The standard InChI is InChI=1S/C19H26N4O2/c1-12-20-15-6-5-14(11-16(15)21-12)22-17(24)13-7-9-23(10-8-13)18(25)19(2,3)4/h5-6,11,13H,7-10H2,1-4H3,(H,20,21)(H,22,24). The average molecular weight is 342 g/mol. The number of nitrogens with one attached hydrogen (secondary N) is 2. The fourth-order valence-electron chi connectivity index (χ4n) is 3.28. The van der Waals surface area contributed by atoms with Gasteiger partial charge in [0.25, 0.3) is 0 Å². The summed E-state index contributed by atoms with van der Waals surface area (Å²) in [4.78, 5) is 34.3. The van der Waals surface area contributed by atoms with Crippen molar-refractivity contribution in [1.82, 2.24) is 14.9 Å². The van der Waals surface area contributed by atoms with Gasteiger partial charge in [-0.15, -0.1) is 0 Å². The highest BCUT2D eigenvalue weighted by Crippen LogP contribution is 2.25. The number of rotatable bonds is 2. The molecule has 2 amide bonds. The van der Waals surface area contributed by atoms with Crippen molar-refractivity contribution in [2.24, 2.45) is 11.3 Å². The molecule has 0 saturated carbocycles. The number of piperidine rings is 1. The number of likely N-dealkylation sites (tertiary alicyclic amines) is 1. The van der Waals surface area contributed by atoms with Crippen molar-refractivity contribution in [3.8, 4) is 0 Å². The second kappa shape index (κ2) is 6.50. The summed E-state index contributed by atoms with van der Waals surface area (Å²) < 4.78 is 0. The summed E-state index contributed by atoms with van der Waals surface area (Å²) in [7, 11) is 0. The molecular formula is C19H26N4O2. The molecule has 2 N–H and O–H groups in total. The van der Waals surface area contributed by atoms with E-state index in [0.717, 1.165) is 22.5 Å². The zero-order valence-electron chi connectivity index (χ0n) is 15.3. The molecule has 1 aliphatic rings. The predicted molar refractivity (Wildman–Crippen MR) is 98.2 cm³/mol. The molecule has 6 nitrogen and oxygen atoms in total. The van der Waals surface area contributed by atoms with Gasteiger partial charge in [-0.2, -0.15) is 0 Å². The lowest BCUT2D eigenvalue weighted by molar-refractivity contribution is -0.142. The van der Waals surface area contributed by atoms with Crippen LogP contribution in [-0.2, 0) is 9.59 Å². The molecule has 1 aliphatic heterocycles. The van der Waals surface area contributed by atoms with Gasteiger partial charge in [0.05, 0.1) is 11.0 Å². The first-order valence-electron chi connectivity index (χ1n) is 8.80. The van der Waals surface area contributed by atoms with E-state index in [1.807, 2.05) is 50.8 Å². The zero-order chi connectivity index (χ0) is 18.2. The Morgan fingerprint density at radius 1 is 1.24 bits per heavy atom. The minimum absolute atomic E-state index is 0.0263. The largest absolute Gasteiger partial charge is 0.342 e. The van der Waals surface area contributed by atoms with Crippen LogP contribution in [0.1, 0.15) is 39.4 Å². The second-order valence-corrected chi connectivity index (χ2v) is 7.86. The molecule has 6 heteroatoms. The van der Waals surface area contributed by atoms with Crippen LogP contribution >= 0.6 is 0 Å². The number of anilines is 1. The lowest BCUT2D eigenvalue weighted by Gasteiger charge is -2.35. The number of carbonyl (C=O) groups is 2. The Labute approximate surface area is 148 Å². The molecule has 1 saturated heterocycles. The van der Waals surface area contributed by atoms with Crippen molar-refractivity contribution in [2.75, 3.05) is 18.4 Å². The summed E-state index contributed by atoms with van der Waals surface area (Å²) in [5.41, 5.74) is 2.21. The van der Waals surface area contributed by atoms with Crippen molar-refractivity contribution in [3.05, 3.63) is 24.0 Å². The Hall–Kier alpha value is -2.37. The van der Waals surface area contributed by atoms with Gasteiger partial charge < -0.3 is 15.2 Å². The van der Waals surface area contributed by atoms with E-state index >= 15 is 0 Å². The van der Waals surface area contributed by atoms with E-state index in [1.54, 1.807) is 0 Å². The summed E-state index contributed by atoms with van der Waals surface area (Å²) in [6.07, 6.45) is 1.41. The number of aromatic nitrogens is 2. The molecule has 0 atom stereocenters. The van der Waals surface area contributed by atoms with E-state index in [2.05, 4.69) is 15.3 Å². The minimum atomic E-state index is -0.368. The maximum atomic E-state index is 12.5. The first-order chi connectivity index (χ1) is 11.7. The number of imidazole rings is 1. The number of benzene rings is 1. The topological polar surface area (TPSA) is 78.1 Å². The fourth-order valence-corrected chi connectivity index (χ4v) is 3.28. The number of nitrogens with zero attached hydrogens (tertiary/aromatic N) is 2. The fraction of sp³-hybridized carbons (Fsp3) is 0.526. The van der Waals surface area contributed by atoms with Crippen LogP contribution in [0.15, 0.2) is 18.2 Å². The van der Waals surface area contributed by atoms with E-state index in [9.17, 15) is 9.59 Å². The Morgan fingerprint density at radius 3 is 2.56 bits per heavy atom. The van der Waals surface area contributed by atoms with Crippen LogP contribution in [0.3, 0.4) is 0 Å². The summed E-state index contributed by atoms with van der Waals surface area (Å²) in [6, 6.07) is 5.68. The molecule has 1 aromatic carbocycles. The van der Waals surface area contributed by atoms with Gasteiger partial charge in [0.1, 0.15) is 5.82 Å². The monoisotopic (exact) mass is 342 g/mol. The molecule has 0 bridgehead atoms. The maximum Gasteiger partial charge on any atom is 0.227 e. The zero-order valence-corrected chi connectivity index (χ0v) is 15.3. The highest BCUT2D eigenvalue weighted by Gasteiger charge is 2.32. The van der Waals surface area contributed by atoms with Crippen LogP contribution in [0.25, 0.3) is 11.0 Å². The first kappa shape index (κ1) is 17.5. The molecule has 0 aliphatic carbocycles. The van der Waals surface area contributed by atoms with E-state index < -0.39 is 0 Å². The lowest BCUT2D eigenvalue weighted by atomic mass is 9.90. The van der Waals surface area contributed by atoms with Gasteiger partial charge in [-0.05, 0) is 38.0 Å².